The number of carbonyl (C=O) groups excluding carboxylic acids is 3. The number of amides is 3. The quantitative estimate of drug-likeness (QED) is 0.518. The zero-order valence-electron chi connectivity index (χ0n) is 26.7. The SMILES string of the molecule is COc1cc2cc(c1OC)CCCNC(=O)CCC[C@H]1[C@H]3C[C@H](CN1C(=O)CC2)CN(S(=O)(=O)c1ccc2c(c1)CCC(=O)N2)C3. The normalized spacial score (nSPS) is 24.7. The average molecular weight is 653 g/mol. The van der Waals surface area contributed by atoms with E-state index in [-0.39, 0.29) is 40.5 Å². The maximum atomic E-state index is 13.9. The number of piperidine rings is 2. The summed E-state index contributed by atoms with van der Waals surface area (Å²) in [5, 5.41) is 5.85. The standard InChI is InChI=1S/C34H44N4O7S/c1-44-30-17-22-8-13-33(41)38-20-23-16-26(29(38)6-3-7-31(39)35-14-4-5-25(15-22)34(30)45-2)21-37(19-23)46(42,43)27-10-11-28-24(18-27)9-12-32(40)36-28/h10-11,15,17-18,23,26,29H,3-9,12-14,16,19-21H2,1-2H3,(H,35,39)(H,36,40)/t23-,26-,29-/m0/s1. The number of carbonyl (C=O) groups is 3. The highest BCUT2D eigenvalue weighted by Gasteiger charge is 2.45. The van der Waals surface area contributed by atoms with Gasteiger partial charge in [0.15, 0.2) is 11.5 Å². The maximum Gasteiger partial charge on any atom is 0.243 e. The van der Waals surface area contributed by atoms with Crippen LogP contribution < -0.4 is 20.1 Å². The van der Waals surface area contributed by atoms with E-state index < -0.39 is 10.0 Å². The summed E-state index contributed by atoms with van der Waals surface area (Å²) >= 11 is 0. The second kappa shape index (κ2) is 13.6. The van der Waals surface area contributed by atoms with Gasteiger partial charge in [-0.15, -0.1) is 0 Å². The van der Waals surface area contributed by atoms with Crippen molar-refractivity contribution in [1.82, 2.24) is 14.5 Å². The smallest absolute Gasteiger partial charge is 0.243 e. The molecule has 12 heteroatoms. The molecule has 0 unspecified atom stereocenters. The first-order valence-electron chi connectivity index (χ1n) is 16.4. The van der Waals surface area contributed by atoms with Crippen LogP contribution in [0, 0.1) is 11.8 Å². The largest absolute Gasteiger partial charge is 0.493 e. The third kappa shape index (κ3) is 6.73. The van der Waals surface area contributed by atoms with Crippen molar-refractivity contribution in [1.29, 1.82) is 0 Å². The number of sulfonamides is 1. The molecule has 0 aliphatic carbocycles. The molecular formula is C34H44N4O7S. The Labute approximate surface area is 271 Å². The van der Waals surface area contributed by atoms with E-state index in [1.807, 2.05) is 11.0 Å². The predicted molar refractivity (Wildman–Crippen MR) is 172 cm³/mol. The van der Waals surface area contributed by atoms with Crippen LogP contribution in [0.1, 0.15) is 61.6 Å². The molecule has 2 aromatic rings. The van der Waals surface area contributed by atoms with E-state index in [4.69, 9.17) is 9.47 Å². The Kier molecular flexibility index (Phi) is 9.56. The zero-order valence-corrected chi connectivity index (χ0v) is 27.5. The third-order valence-electron chi connectivity index (χ3n) is 9.96. The molecule has 2 saturated heterocycles. The number of benzene rings is 2. The van der Waals surface area contributed by atoms with Crippen molar-refractivity contribution < 1.29 is 32.3 Å². The fourth-order valence-electron chi connectivity index (χ4n) is 7.72. The minimum absolute atomic E-state index is 0.0200. The van der Waals surface area contributed by atoms with Crippen molar-refractivity contribution in [2.75, 3.05) is 45.7 Å². The van der Waals surface area contributed by atoms with E-state index in [0.29, 0.717) is 94.7 Å². The van der Waals surface area contributed by atoms with Crippen LogP contribution in [0.25, 0.3) is 0 Å². The number of hydrogen-bond donors (Lipinski definition) is 2. The highest BCUT2D eigenvalue weighted by Crippen LogP contribution is 2.39. The molecule has 4 bridgehead atoms. The molecule has 2 fully saturated rings. The summed E-state index contributed by atoms with van der Waals surface area (Å²) in [4.78, 5) is 40.6. The van der Waals surface area contributed by atoms with Crippen molar-refractivity contribution in [2.45, 2.75) is 75.1 Å². The fourth-order valence-corrected chi connectivity index (χ4v) is 9.35. The number of methoxy groups -OCH3 is 2. The van der Waals surface area contributed by atoms with E-state index >= 15 is 0 Å². The van der Waals surface area contributed by atoms with Gasteiger partial charge in [0.1, 0.15) is 0 Å². The molecule has 0 aromatic heterocycles. The molecule has 11 nitrogen and oxygen atoms in total. The summed E-state index contributed by atoms with van der Waals surface area (Å²) < 4.78 is 40.7. The van der Waals surface area contributed by atoms with Crippen molar-refractivity contribution in [3.05, 3.63) is 47.0 Å². The third-order valence-corrected chi connectivity index (χ3v) is 11.8. The Morgan fingerprint density at radius 2 is 1.67 bits per heavy atom. The van der Waals surface area contributed by atoms with Gasteiger partial charge >= 0.3 is 0 Å². The lowest BCUT2D eigenvalue weighted by Crippen LogP contribution is -2.60. The first-order chi connectivity index (χ1) is 22.2. The Morgan fingerprint density at radius 3 is 2.48 bits per heavy atom. The van der Waals surface area contributed by atoms with Crippen LogP contribution in [0.3, 0.4) is 0 Å². The number of fused-ring (bicyclic) bond motifs is 7. The molecule has 0 radical (unpaired) electrons. The number of ether oxygens (including phenoxy) is 2. The highest BCUT2D eigenvalue weighted by molar-refractivity contribution is 7.89. The van der Waals surface area contributed by atoms with Crippen LogP contribution in [0.4, 0.5) is 5.69 Å². The fraction of sp³-hybridized carbons (Fsp3) is 0.559. The molecule has 2 aromatic carbocycles. The second-order valence-electron chi connectivity index (χ2n) is 13.0. The molecule has 46 heavy (non-hydrogen) atoms. The lowest BCUT2D eigenvalue weighted by Gasteiger charge is -2.50. The Balaban J connectivity index is 1.23. The van der Waals surface area contributed by atoms with Gasteiger partial charge < -0.3 is 25.0 Å². The van der Waals surface area contributed by atoms with Crippen LogP contribution >= 0.6 is 0 Å². The number of nitrogens with one attached hydrogen (secondary N) is 2. The van der Waals surface area contributed by atoms with Crippen molar-refractivity contribution in [2.24, 2.45) is 11.8 Å². The maximum absolute atomic E-state index is 13.9. The second-order valence-corrected chi connectivity index (χ2v) is 14.9. The number of hydrogen-bond acceptors (Lipinski definition) is 7. The monoisotopic (exact) mass is 652 g/mol. The summed E-state index contributed by atoms with van der Waals surface area (Å²) in [5.41, 5.74) is 3.47. The molecular weight excluding hydrogens is 608 g/mol. The Hall–Kier alpha value is -3.64. The molecule has 6 rings (SSSR count). The molecule has 3 atom stereocenters. The van der Waals surface area contributed by atoms with Gasteiger partial charge in [-0.3, -0.25) is 14.4 Å². The number of aryl methyl sites for hydroxylation is 3. The number of rotatable bonds is 4. The van der Waals surface area contributed by atoms with Gasteiger partial charge in [0.25, 0.3) is 0 Å². The predicted octanol–water partition coefficient (Wildman–Crippen LogP) is 3.29. The van der Waals surface area contributed by atoms with Gasteiger partial charge in [-0.05, 0) is 97.7 Å². The van der Waals surface area contributed by atoms with Crippen LogP contribution in [0.5, 0.6) is 11.5 Å². The molecule has 2 N–H and O–H groups in total. The van der Waals surface area contributed by atoms with E-state index in [2.05, 4.69) is 16.7 Å². The van der Waals surface area contributed by atoms with Gasteiger partial charge in [-0.2, -0.15) is 4.31 Å². The summed E-state index contributed by atoms with van der Waals surface area (Å²) in [6.07, 6.45) is 5.65. The van der Waals surface area contributed by atoms with Crippen molar-refractivity contribution >= 4 is 33.4 Å². The van der Waals surface area contributed by atoms with Crippen molar-refractivity contribution in [3.8, 4) is 11.5 Å². The van der Waals surface area contributed by atoms with Crippen LogP contribution in [-0.2, 0) is 43.7 Å². The molecule has 4 heterocycles. The minimum Gasteiger partial charge on any atom is -0.493 e. The Bertz CT molecular complexity index is 1610. The molecule has 248 valence electrons. The molecule has 0 spiro atoms. The molecule has 4 aliphatic heterocycles. The van der Waals surface area contributed by atoms with Gasteiger partial charge in [-0.25, -0.2) is 8.42 Å². The molecule has 0 saturated carbocycles. The van der Waals surface area contributed by atoms with Crippen molar-refractivity contribution in [3.63, 3.8) is 0 Å². The summed E-state index contributed by atoms with van der Waals surface area (Å²) in [6, 6.07) is 8.79. The lowest BCUT2D eigenvalue weighted by molar-refractivity contribution is -0.140. The first kappa shape index (κ1) is 32.3. The average Bonchev–Trinajstić information content (AvgIpc) is 3.05. The van der Waals surface area contributed by atoms with Crippen LogP contribution in [0.2, 0.25) is 0 Å². The van der Waals surface area contributed by atoms with Crippen LogP contribution in [-0.4, -0.2) is 81.8 Å². The first-order valence-corrected chi connectivity index (χ1v) is 17.8. The van der Waals surface area contributed by atoms with E-state index in [0.717, 1.165) is 29.5 Å². The Morgan fingerprint density at radius 1 is 0.826 bits per heavy atom. The lowest BCUT2D eigenvalue weighted by atomic mass is 9.78. The van der Waals surface area contributed by atoms with Gasteiger partial charge in [0.2, 0.25) is 27.7 Å². The zero-order chi connectivity index (χ0) is 32.4. The van der Waals surface area contributed by atoms with Gasteiger partial charge in [0.05, 0.1) is 19.1 Å². The van der Waals surface area contributed by atoms with E-state index in [1.54, 1.807) is 36.7 Å². The topological polar surface area (TPSA) is 134 Å². The minimum atomic E-state index is -3.78. The number of nitrogens with zero attached hydrogens (tertiary/aromatic N) is 2. The summed E-state index contributed by atoms with van der Waals surface area (Å²) in [7, 11) is -0.557. The van der Waals surface area contributed by atoms with E-state index in [1.165, 1.54) is 0 Å². The molecule has 4 aliphatic rings. The summed E-state index contributed by atoms with van der Waals surface area (Å²) in [5.74, 6) is 1.27. The van der Waals surface area contributed by atoms with Crippen LogP contribution in [0.15, 0.2) is 35.2 Å². The van der Waals surface area contributed by atoms with E-state index in [9.17, 15) is 22.8 Å². The van der Waals surface area contributed by atoms with Gasteiger partial charge in [-0.1, -0.05) is 6.07 Å². The summed E-state index contributed by atoms with van der Waals surface area (Å²) in [6.45, 7) is 1.72. The van der Waals surface area contributed by atoms with Gasteiger partial charge in [0, 0.05) is 57.2 Å². The highest BCUT2D eigenvalue weighted by atomic mass is 32.2. The molecule has 3 amide bonds. The number of anilines is 1.